The number of nitrogens with zero attached hydrogens (tertiary/aromatic N) is 4. The monoisotopic (exact) mass is 518 g/mol. The molecule has 0 saturated carbocycles. The Morgan fingerprint density at radius 1 is 1.43 bits per heavy atom. The number of hydrogen-bond donors (Lipinski definition) is 2. The molecule has 2 aromatic rings. The number of guanidine groups is 1. The van der Waals surface area contributed by atoms with Crippen LogP contribution in [0.25, 0.3) is 0 Å². The van der Waals surface area contributed by atoms with Crippen LogP contribution in [-0.4, -0.2) is 48.3 Å². The molecule has 3 rings (SSSR count). The second-order valence-corrected chi connectivity index (χ2v) is 7.11. The van der Waals surface area contributed by atoms with Gasteiger partial charge in [0.2, 0.25) is 0 Å². The van der Waals surface area contributed by atoms with Crippen molar-refractivity contribution in [3.05, 3.63) is 40.4 Å². The van der Waals surface area contributed by atoms with Crippen LogP contribution in [0.2, 0.25) is 5.02 Å². The van der Waals surface area contributed by atoms with Crippen LogP contribution in [-0.2, 0) is 6.42 Å². The van der Waals surface area contributed by atoms with Crippen LogP contribution in [0, 0.1) is 13.8 Å². The number of aromatic nitrogens is 2. The molecule has 0 radical (unpaired) electrons. The van der Waals surface area contributed by atoms with E-state index in [-0.39, 0.29) is 24.0 Å². The molecule has 154 valence electrons. The molecule has 9 heteroatoms. The molecule has 28 heavy (non-hydrogen) atoms. The molecule has 1 fully saturated rings. The van der Waals surface area contributed by atoms with Gasteiger partial charge in [-0.2, -0.15) is 0 Å². The van der Waals surface area contributed by atoms with Gasteiger partial charge in [-0.3, -0.25) is 4.99 Å². The minimum Gasteiger partial charge on any atom is -0.361 e. The highest BCUT2D eigenvalue weighted by atomic mass is 127. The van der Waals surface area contributed by atoms with E-state index >= 15 is 0 Å². The molecule has 1 aliphatic rings. The lowest BCUT2D eigenvalue weighted by molar-refractivity contribution is 0.392. The summed E-state index contributed by atoms with van der Waals surface area (Å²) in [5.74, 6) is 2.56. The zero-order valence-corrected chi connectivity index (χ0v) is 19.6. The Kier molecular flexibility index (Phi) is 8.81. The molecule has 3 heterocycles. The molecule has 1 saturated heterocycles. The number of aliphatic imine (C=N–C) groups is 1. The molecular weight excluding hydrogens is 491 g/mol. The fourth-order valence-electron chi connectivity index (χ4n) is 3.33. The van der Waals surface area contributed by atoms with Gasteiger partial charge in [0.15, 0.2) is 5.96 Å². The number of aryl methyl sites for hydroxylation is 2. The van der Waals surface area contributed by atoms with Crippen LogP contribution in [0.1, 0.15) is 30.4 Å². The average molecular weight is 519 g/mol. The Hall–Kier alpha value is -1.55. The van der Waals surface area contributed by atoms with E-state index in [2.05, 4.69) is 32.6 Å². The van der Waals surface area contributed by atoms with Crippen molar-refractivity contribution in [2.45, 2.75) is 39.7 Å². The third-order valence-electron chi connectivity index (χ3n) is 4.72. The smallest absolute Gasteiger partial charge is 0.191 e. The van der Waals surface area contributed by atoms with Crippen LogP contribution in [0.4, 0.5) is 5.82 Å². The highest BCUT2D eigenvalue weighted by molar-refractivity contribution is 14.0. The van der Waals surface area contributed by atoms with Crippen LogP contribution in [0.3, 0.4) is 0 Å². The molecule has 0 spiro atoms. The minimum atomic E-state index is 0. The predicted molar refractivity (Wildman–Crippen MR) is 124 cm³/mol. The van der Waals surface area contributed by atoms with Crippen molar-refractivity contribution in [1.29, 1.82) is 0 Å². The summed E-state index contributed by atoms with van der Waals surface area (Å²) in [6, 6.07) is 4.04. The molecule has 0 aliphatic carbocycles. The summed E-state index contributed by atoms with van der Waals surface area (Å²) in [6.45, 7) is 9.26. The maximum atomic E-state index is 6.28. The topological polar surface area (TPSA) is 78.6 Å². The third kappa shape index (κ3) is 5.73. The fraction of sp³-hybridized carbons (Fsp3) is 0.526. The van der Waals surface area contributed by atoms with Crippen molar-refractivity contribution < 1.29 is 4.52 Å². The number of hydrogen-bond acceptors (Lipinski definition) is 5. The molecule has 0 aromatic carbocycles. The Balaban J connectivity index is 0.00000280. The highest BCUT2D eigenvalue weighted by Crippen LogP contribution is 2.25. The zero-order valence-electron chi connectivity index (χ0n) is 16.5. The maximum Gasteiger partial charge on any atom is 0.191 e. The number of nitrogens with one attached hydrogen (secondary N) is 2. The zero-order chi connectivity index (χ0) is 19.2. The molecule has 1 atom stereocenters. The average Bonchev–Trinajstić information content (AvgIpc) is 3.23. The third-order valence-corrected chi connectivity index (χ3v) is 5.02. The molecule has 0 amide bonds. The molecule has 2 N–H and O–H groups in total. The number of rotatable bonds is 6. The Morgan fingerprint density at radius 3 is 2.93 bits per heavy atom. The summed E-state index contributed by atoms with van der Waals surface area (Å²) in [5.41, 5.74) is 2.09. The van der Waals surface area contributed by atoms with Crippen molar-refractivity contribution >= 4 is 47.4 Å². The van der Waals surface area contributed by atoms with E-state index in [1.54, 1.807) is 6.20 Å². The van der Waals surface area contributed by atoms with Gasteiger partial charge in [-0.15, -0.1) is 24.0 Å². The van der Waals surface area contributed by atoms with Gasteiger partial charge in [0.25, 0.3) is 0 Å². The van der Waals surface area contributed by atoms with Gasteiger partial charge >= 0.3 is 0 Å². The van der Waals surface area contributed by atoms with Crippen molar-refractivity contribution in [1.82, 2.24) is 20.8 Å². The summed E-state index contributed by atoms with van der Waals surface area (Å²) in [6.07, 6.45) is 3.61. The lowest BCUT2D eigenvalue weighted by Gasteiger charge is -2.20. The summed E-state index contributed by atoms with van der Waals surface area (Å²) in [7, 11) is 0. The van der Waals surface area contributed by atoms with Crippen molar-refractivity contribution in [2.24, 2.45) is 4.99 Å². The molecule has 0 bridgehead atoms. The summed E-state index contributed by atoms with van der Waals surface area (Å²) < 4.78 is 5.22. The van der Waals surface area contributed by atoms with Gasteiger partial charge < -0.3 is 20.1 Å². The van der Waals surface area contributed by atoms with Crippen molar-refractivity contribution in [3.8, 4) is 0 Å². The highest BCUT2D eigenvalue weighted by Gasteiger charge is 2.25. The summed E-state index contributed by atoms with van der Waals surface area (Å²) in [4.78, 5) is 11.3. The Morgan fingerprint density at radius 2 is 2.25 bits per heavy atom. The Labute approximate surface area is 188 Å². The van der Waals surface area contributed by atoms with Crippen molar-refractivity contribution in [3.63, 3.8) is 0 Å². The maximum absolute atomic E-state index is 6.28. The van der Waals surface area contributed by atoms with E-state index < -0.39 is 0 Å². The van der Waals surface area contributed by atoms with E-state index in [0.717, 1.165) is 61.3 Å². The van der Waals surface area contributed by atoms with E-state index in [1.165, 1.54) is 0 Å². The standard InChI is InChI=1S/C19H27ClN6O.HI/c1-4-21-19(23-10-7-16-13(2)25-27-14(16)3)24-15-8-11-26(12-15)18-17(20)6-5-9-22-18;/h5-6,9,15H,4,7-8,10-12H2,1-3H3,(H2,21,23,24);1H. The van der Waals surface area contributed by atoms with Gasteiger partial charge in [0.05, 0.1) is 10.7 Å². The number of halogens is 2. The van der Waals surface area contributed by atoms with E-state index in [9.17, 15) is 0 Å². The molecule has 7 nitrogen and oxygen atoms in total. The van der Waals surface area contributed by atoms with E-state index in [1.807, 2.05) is 26.0 Å². The first-order valence-electron chi connectivity index (χ1n) is 9.40. The molecular formula is C19H28ClIN6O. The van der Waals surface area contributed by atoms with Crippen molar-refractivity contribution in [2.75, 3.05) is 31.1 Å². The molecule has 1 unspecified atom stereocenters. The Bertz CT molecular complexity index is 777. The van der Waals surface area contributed by atoms with E-state index in [0.29, 0.717) is 17.6 Å². The first kappa shape index (κ1) is 22.7. The van der Waals surface area contributed by atoms with Gasteiger partial charge in [-0.05, 0) is 45.7 Å². The first-order chi connectivity index (χ1) is 13.1. The van der Waals surface area contributed by atoms with Crippen LogP contribution in [0.15, 0.2) is 27.8 Å². The predicted octanol–water partition coefficient (Wildman–Crippen LogP) is 3.33. The van der Waals surface area contributed by atoms with Gasteiger partial charge in [-0.1, -0.05) is 16.8 Å². The number of anilines is 1. The summed E-state index contributed by atoms with van der Waals surface area (Å²) >= 11 is 6.28. The first-order valence-corrected chi connectivity index (χ1v) is 9.78. The minimum absolute atomic E-state index is 0. The van der Waals surface area contributed by atoms with Crippen LogP contribution >= 0.6 is 35.6 Å². The van der Waals surface area contributed by atoms with Crippen LogP contribution in [0.5, 0.6) is 0 Å². The van der Waals surface area contributed by atoms with E-state index in [4.69, 9.17) is 21.1 Å². The molecule has 1 aliphatic heterocycles. The van der Waals surface area contributed by atoms with Gasteiger partial charge in [0.1, 0.15) is 11.6 Å². The van der Waals surface area contributed by atoms with Gasteiger partial charge in [-0.25, -0.2) is 4.98 Å². The van der Waals surface area contributed by atoms with Gasteiger partial charge in [0, 0.05) is 44.0 Å². The fourth-order valence-corrected chi connectivity index (χ4v) is 3.57. The lowest BCUT2D eigenvalue weighted by atomic mass is 10.1. The second kappa shape index (κ2) is 10.8. The lowest BCUT2D eigenvalue weighted by Crippen LogP contribution is -2.44. The second-order valence-electron chi connectivity index (χ2n) is 6.70. The SMILES string of the molecule is CCNC(=NCCc1c(C)noc1C)NC1CCN(c2ncccc2Cl)C1.I. The number of pyridine rings is 1. The largest absolute Gasteiger partial charge is 0.361 e. The molecule has 2 aromatic heterocycles. The normalized spacial score (nSPS) is 16.8. The van der Waals surface area contributed by atoms with Crippen LogP contribution < -0.4 is 15.5 Å². The summed E-state index contributed by atoms with van der Waals surface area (Å²) in [5, 5.41) is 11.6. The quantitative estimate of drug-likeness (QED) is 0.347.